The number of carbonyl (C=O) groups is 1. The first-order chi connectivity index (χ1) is 12.6. The molecule has 0 unspecified atom stereocenters. The van der Waals surface area contributed by atoms with Crippen molar-refractivity contribution in [3.63, 3.8) is 0 Å². The van der Waals surface area contributed by atoms with Gasteiger partial charge in [0, 0.05) is 30.8 Å². The summed E-state index contributed by atoms with van der Waals surface area (Å²) in [6.07, 6.45) is 10.4. The lowest BCUT2D eigenvalue weighted by Gasteiger charge is -2.27. The molecule has 2 aromatic rings. The van der Waals surface area contributed by atoms with E-state index in [1.165, 1.54) is 12.8 Å². The Hall–Kier alpha value is -2.17. The largest absolute Gasteiger partial charge is 0.334 e. The second kappa shape index (κ2) is 7.22. The molecule has 5 heteroatoms. The standard InChI is InChI=1S/C21H28N4O/c1-15(2)20-22-12-14-25(20)19-11-5-9-17(23-19)18-10-6-13-24(18)21(26)16-7-3-4-8-16/h5,9,11-12,14-16,18H,3-4,6-8,10,13H2,1-2H3/t18-/m1/s1. The number of pyridine rings is 1. The van der Waals surface area contributed by atoms with Crippen LogP contribution in [0.25, 0.3) is 5.82 Å². The highest BCUT2D eigenvalue weighted by molar-refractivity contribution is 5.79. The second-order valence-corrected chi connectivity index (χ2v) is 7.90. The van der Waals surface area contributed by atoms with Gasteiger partial charge in [-0.3, -0.25) is 9.36 Å². The predicted octanol–water partition coefficient (Wildman–Crippen LogP) is 4.24. The summed E-state index contributed by atoms with van der Waals surface area (Å²) >= 11 is 0. The fourth-order valence-electron chi connectivity index (χ4n) is 4.44. The first kappa shape index (κ1) is 17.3. The van der Waals surface area contributed by atoms with Crippen molar-refractivity contribution < 1.29 is 4.79 Å². The first-order valence-electron chi connectivity index (χ1n) is 9.96. The van der Waals surface area contributed by atoms with Crippen LogP contribution in [-0.2, 0) is 4.79 Å². The van der Waals surface area contributed by atoms with Crippen molar-refractivity contribution in [3.8, 4) is 5.82 Å². The van der Waals surface area contributed by atoms with Gasteiger partial charge in [0.1, 0.15) is 11.6 Å². The van der Waals surface area contributed by atoms with Gasteiger partial charge >= 0.3 is 0 Å². The maximum absolute atomic E-state index is 13.0. The number of rotatable bonds is 4. The molecule has 1 aliphatic heterocycles. The molecular formula is C21H28N4O. The van der Waals surface area contributed by atoms with Gasteiger partial charge in [0.25, 0.3) is 0 Å². The number of hydrogen-bond acceptors (Lipinski definition) is 3. The van der Waals surface area contributed by atoms with Crippen molar-refractivity contribution >= 4 is 5.91 Å². The zero-order chi connectivity index (χ0) is 18.1. The van der Waals surface area contributed by atoms with E-state index in [2.05, 4.69) is 40.4 Å². The minimum atomic E-state index is 0.120. The van der Waals surface area contributed by atoms with E-state index in [0.717, 1.165) is 49.6 Å². The fourth-order valence-corrected chi connectivity index (χ4v) is 4.44. The summed E-state index contributed by atoms with van der Waals surface area (Å²) in [5.41, 5.74) is 1.01. The number of amides is 1. The Balaban J connectivity index is 1.61. The molecule has 0 N–H and O–H groups in total. The van der Waals surface area contributed by atoms with Gasteiger partial charge in [-0.25, -0.2) is 9.97 Å². The maximum atomic E-state index is 13.0. The third kappa shape index (κ3) is 3.15. The molecule has 2 aromatic heterocycles. The Bertz CT molecular complexity index is 776. The average molecular weight is 352 g/mol. The zero-order valence-electron chi connectivity index (χ0n) is 15.8. The molecule has 138 valence electrons. The van der Waals surface area contributed by atoms with Gasteiger partial charge in [0.15, 0.2) is 0 Å². The Kier molecular flexibility index (Phi) is 4.79. The van der Waals surface area contributed by atoms with Crippen molar-refractivity contribution in [2.24, 2.45) is 5.92 Å². The van der Waals surface area contributed by atoms with Crippen molar-refractivity contribution in [3.05, 3.63) is 42.1 Å². The summed E-state index contributed by atoms with van der Waals surface area (Å²) in [6, 6.07) is 6.27. The molecule has 0 spiro atoms. The zero-order valence-corrected chi connectivity index (χ0v) is 15.8. The minimum Gasteiger partial charge on any atom is -0.334 e. The van der Waals surface area contributed by atoms with Crippen LogP contribution in [0.1, 0.15) is 75.9 Å². The molecule has 2 fully saturated rings. The van der Waals surface area contributed by atoms with Gasteiger partial charge in [-0.15, -0.1) is 0 Å². The third-order valence-corrected chi connectivity index (χ3v) is 5.77. The van der Waals surface area contributed by atoms with Crippen LogP contribution >= 0.6 is 0 Å². The summed E-state index contributed by atoms with van der Waals surface area (Å²) in [7, 11) is 0. The lowest BCUT2D eigenvalue weighted by molar-refractivity contribution is -0.136. The summed E-state index contributed by atoms with van der Waals surface area (Å²) in [5.74, 6) is 2.83. The monoisotopic (exact) mass is 352 g/mol. The molecule has 0 radical (unpaired) electrons. The van der Waals surface area contributed by atoms with E-state index in [1.54, 1.807) is 0 Å². The van der Waals surface area contributed by atoms with Crippen LogP contribution in [0.4, 0.5) is 0 Å². The molecule has 26 heavy (non-hydrogen) atoms. The van der Waals surface area contributed by atoms with E-state index in [1.807, 2.05) is 18.5 Å². The number of hydrogen-bond donors (Lipinski definition) is 0. The van der Waals surface area contributed by atoms with Crippen LogP contribution in [0.2, 0.25) is 0 Å². The van der Waals surface area contributed by atoms with Gasteiger partial charge in [-0.1, -0.05) is 32.8 Å². The van der Waals surface area contributed by atoms with E-state index in [-0.39, 0.29) is 12.0 Å². The van der Waals surface area contributed by atoms with Crippen LogP contribution in [0.5, 0.6) is 0 Å². The quantitative estimate of drug-likeness (QED) is 0.827. The van der Waals surface area contributed by atoms with Gasteiger partial charge in [-0.05, 0) is 37.8 Å². The smallest absolute Gasteiger partial charge is 0.226 e. The number of likely N-dealkylation sites (tertiary alicyclic amines) is 1. The van der Waals surface area contributed by atoms with E-state index in [0.29, 0.717) is 11.8 Å². The lowest BCUT2D eigenvalue weighted by atomic mass is 10.0. The number of aromatic nitrogens is 3. The summed E-state index contributed by atoms with van der Waals surface area (Å²) in [4.78, 5) is 24.5. The van der Waals surface area contributed by atoms with E-state index in [9.17, 15) is 4.79 Å². The maximum Gasteiger partial charge on any atom is 0.226 e. The average Bonchev–Trinajstić information content (AvgIpc) is 3.42. The molecule has 3 heterocycles. The van der Waals surface area contributed by atoms with Crippen molar-refractivity contribution in [2.75, 3.05) is 6.54 Å². The number of carbonyl (C=O) groups excluding carboxylic acids is 1. The van der Waals surface area contributed by atoms with E-state index >= 15 is 0 Å². The molecule has 0 bridgehead atoms. The fraction of sp³-hybridized carbons (Fsp3) is 0.571. The Morgan fingerprint density at radius 1 is 1.15 bits per heavy atom. The summed E-state index contributed by atoms with van der Waals surface area (Å²) < 4.78 is 2.06. The van der Waals surface area contributed by atoms with Crippen molar-refractivity contribution in [2.45, 2.75) is 64.3 Å². The Morgan fingerprint density at radius 3 is 2.73 bits per heavy atom. The molecule has 1 saturated carbocycles. The van der Waals surface area contributed by atoms with Gasteiger partial charge < -0.3 is 4.90 Å². The molecule has 0 aromatic carbocycles. The number of nitrogens with zero attached hydrogens (tertiary/aromatic N) is 4. The van der Waals surface area contributed by atoms with Crippen LogP contribution in [-0.4, -0.2) is 31.9 Å². The highest BCUT2D eigenvalue weighted by atomic mass is 16.2. The lowest BCUT2D eigenvalue weighted by Crippen LogP contribution is -2.35. The molecule has 1 amide bonds. The van der Waals surface area contributed by atoms with Crippen LogP contribution in [0.15, 0.2) is 30.6 Å². The summed E-state index contributed by atoms with van der Waals surface area (Å²) in [5, 5.41) is 0. The molecule has 1 aliphatic carbocycles. The highest BCUT2D eigenvalue weighted by Crippen LogP contribution is 2.36. The van der Waals surface area contributed by atoms with Gasteiger partial charge in [0.05, 0.1) is 11.7 Å². The van der Waals surface area contributed by atoms with Crippen LogP contribution in [0, 0.1) is 5.92 Å². The van der Waals surface area contributed by atoms with Crippen molar-refractivity contribution in [1.29, 1.82) is 0 Å². The molecule has 1 atom stereocenters. The van der Waals surface area contributed by atoms with Crippen molar-refractivity contribution in [1.82, 2.24) is 19.4 Å². The van der Waals surface area contributed by atoms with Crippen LogP contribution < -0.4 is 0 Å². The molecule has 2 aliphatic rings. The predicted molar refractivity (Wildman–Crippen MR) is 101 cm³/mol. The summed E-state index contributed by atoms with van der Waals surface area (Å²) in [6.45, 7) is 5.15. The Labute approximate surface area is 155 Å². The molecule has 5 nitrogen and oxygen atoms in total. The van der Waals surface area contributed by atoms with E-state index in [4.69, 9.17) is 4.98 Å². The van der Waals surface area contributed by atoms with Crippen LogP contribution in [0.3, 0.4) is 0 Å². The normalized spacial score (nSPS) is 21.0. The first-order valence-corrected chi connectivity index (χ1v) is 9.96. The van der Waals surface area contributed by atoms with Gasteiger partial charge in [-0.2, -0.15) is 0 Å². The third-order valence-electron chi connectivity index (χ3n) is 5.77. The topological polar surface area (TPSA) is 51.0 Å². The number of imidazole rings is 1. The highest BCUT2D eigenvalue weighted by Gasteiger charge is 2.35. The molecular weight excluding hydrogens is 324 g/mol. The van der Waals surface area contributed by atoms with E-state index < -0.39 is 0 Å². The van der Waals surface area contributed by atoms with Gasteiger partial charge in [0.2, 0.25) is 5.91 Å². The molecule has 4 rings (SSSR count). The Morgan fingerprint density at radius 2 is 1.96 bits per heavy atom. The molecule has 1 saturated heterocycles. The minimum absolute atomic E-state index is 0.120. The second-order valence-electron chi connectivity index (χ2n) is 7.90. The SMILES string of the molecule is CC(C)c1nccn1-c1cccc([C@H]2CCCN2C(=O)C2CCCC2)n1.